The van der Waals surface area contributed by atoms with Crippen molar-refractivity contribution in [2.75, 3.05) is 0 Å². The van der Waals surface area contributed by atoms with Gasteiger partial charge in [-0.05, 0) is 45.3 Å². The Labute approximate surface area is 164 Å². The summed E-state index contributed by atoms with van der Waals surface area (Å²) in [5.41, 5.74) is 2.47. The topological polar surface area (TPSA) is 9.23 Å². The van der Waals surface area contributed by atoms with Crippen molar-refractivity contribution in [3.05, 3.63) is 99.5 Å². The van der Waals surface area contributed by atoms with Crippen LogP contribution < -0.4 is 4.74 Å². The van der Waals surface area contributed by atoms with Gasteiger partial charge in [0, 0.05) is 10.4 Å². The molecule has 0 atom stereocenters. The number of alkyl halides is 1. The minimum atomic E-state index is 0.557. The molecule has 0 aliphatic heterocycles. The molecule has 3 rings (SSSR count). The van der Waals surface area contributed by atoms with Crippen molar-refractivity contribution in [2.24, 2.45) is 0 Å². The van der Waals surface area contributed by atoms with Gasteiger partial charge in [-0.2, -0.15) is 0 Å². The SMILES string of the molecule is BrCc1ccccc1.Clc1ccc(OCc2ccccc2)c(Br)c1. The van der Waals surface area contributed by atoms with Gasteiger partial charge < -0.3 is 4.74 Å². The van der Waals surface area contributed by atoms with Gasteiger partial charge >= 0.3 is 0 Å². The molecule has 124 valence electrons. The van der Waals surface area contributed by atoms with Gasteiger partial charge in [-0.15, -0.1) is 0 Å². The lowest BCUT2D eigenvalue weighted by atomic mass is 10.2. The Balaban J connectivity index is 0.000000219. The van der Waals surface area contributed by atoms with Crippen molar-refractivity contribution in [1.82, 2.24) is 0 Å². The molecule has 0 unspecified atom stereocenters. The zero-order valence-electron chi connectivity index (χ0n) is 13.0. The first-order chi connectivity index (χ1) is 11.7. The van der Waals surface area contributed by atoms with Gasteiger partial charge in [0.25, 0.3) is 0 Å². The smallest absolute Gasteiger partial charge is 0.134 e. The fourth-order valence-corrected chi connectivity index (χ4v) is 3.07. The zero-order chi connectivity index (χ0) is 17.2. The first-order valence-electron chi connectivity index (χ1n) is 7.40. The molecule has 0 aliphatic rings. The normalized spacial score (nSPS) is 9.79. The van der Waals surface area contributed by atoms with Crippen molar-refractivity contribution in [2.45, 2.75) is 11.9 Å². The van der Waals surface area contributed by atoms with Crippen LogP contribution in [0, 0.1) is 0 Å². The largest absolute Gasteiger partial charge is 0.488 e. The average Bonchev–Trinajstić information content (AvgIpc) is 2.63. The Morgan fingerprint density at radius 3 is 1.88 bits per heavy atom. The van der Waals surface area contributed by atoms with Crippen LogP contribution in [0.15, 0.2) is 83.3 Å². The summed E-state index contributed by atoms with van der Waals surface area (Å²) in [6.45, 7) is 0.557. The van der Waals surface area contributed by atoms with E-state index in [0.717, 1.165) is 21.1 Å². The van der Waals surface area contributed by atoms with Crippen LogP contribution in [0.3, 0.4) is 0 Å². The first kappa shape index (κ1) is 19.0. The van der Waals surface area contributed by atoms with E-state index in [1.807, 2.05) is 66.7 Å². The predicted octanol–water partition coefficient (Wildman–Crippen LogP) is 7.26. The standard InChI is InChI=1S/C13H10BrClO.C7H7Br/c14-12-8-11(15)6-7-13(12)16-9-10-4-2-1-3-5-10;8-6-7-4-2-1-3-5-7/h1-8H,9H2;1-5H,6H2. The average molecular weight is 469 g/mol. The molecule has 1 nitrogen and oxygen atoms in total. The summed E-state index contributed by atoms with van der Waals surface area (Å²) in [4.78, 5) is 0. The summed E-state index contributed by atoms with van der Waals surface area (Å²) in [6, 6.07) is 25.8. The fourth-order valence-electron chi connectivity index (χ4n) is 1.89. The number of hydrogen-bond donors (Lipinski definition) is 0. The first-order valence-corrected chi connectivity index (χ1v) is 9.70. The molecule has 0 radical (unpaired) electrons. The van der Waals surface area contributed by atoms with E-state index in [4.69, 9.17) is 16.3 Å². The lowest BCUT2D eigenvalue weighted by Crippen LogP contribution is -1.95. The van der Waals surface area contributed by atoms with E-state index in [0.29, 0.717) is 11.6 Å². The molecule has 0 bridgehead atoms. The number of ether oxygens (including phenoxy) is 1. The molecule has 0 N–H and O–H groups in total. The van der Waals surface area contributed by atoms with Crippen molar-refractivity contribution in [3.8, 4) is 5.75 Å². The third-order valence-corrected chi connectivity index (χ3v) is 4.63. The van der Waals surface area contributed by atoms with Crippen molar-refractivity contribution < 1.29 is 4.74 Å². The Bertz CT molecular complexity index is 733. The third-order valence-electron chi connectivity index (χ3n) is 3.13. The molecule has 0 saturated carbocycles. The van der Waals surface area contributed by atoms with E-state index in [1.165, 1.54) is 5.56 Å². The minimum absolute atomic E-state index is 0.557. The number of benzene rings is 3. The maximum absolute atomic E-state index is 5.85. The molecule has 4 heteroatoms. The zero-order valence-corrected chi connectivity index (χ0v) is 16.9. The molecule has 3 aromatic rings. The van der Waals surface area contributed by atoms with Crippen LogP contribution in [0.2, 0.25) is 5.02 Å². The Hall–Kier alpha value is -1.29. The summed E-state index contributed by atoms with van der Waals surface area (Å²) in [6.07, 6.45) is 0. The molecule has 0 aromatic heterocycles. The highest BCUT2D eigenvalue weighted by Crippen LogP contribution is 2.28. The molecular formula is C20H17Br2ClO. The molecule has 0 fully saturated rings. The second-order valence-corrected chi connectivity index (χ2v) is 6.82. The molecule has 24 heavy (non-hydrogen) atoms. The van der Waals surface area contributed by atoms with E-state index in [-0.39, 0.29) is 0 Å². The van der Waals surface area contributed by atoms with Crippen molar-refractivity contribution in [3.63, 3.8) is 0 Å². The molecule has 0 aliphatic carbocycles. The Kier molecular flexibility index (Phi) is 8.37. The number of halogens is 3. The summed E-state index contributed by atoms with van der Waals surface area (Å²) in [5, 5.41) is 1.65. The van der Waals surface area contributed by atoms with Crippen LogP contribution in [-0.4, -0.2) is 0 Å². The number of hydrogen-bond acceptors (Lipinski definition) is 1. The van der Waals surface area contributed by atoms with E-state index in [9.17, 15) is 0 Å². The van der Waals surface area contributed by atoms with E-state index in [1.54, 1.807) is 0 Å². The van der Waals surface area contributed by atoms with Gasteiger partial charge in [0.15, 0.2) is 0 Å². The van der Waals surface area contributed by atoms with Gasteiger partial charge in [-0.3, -0.25) is 0 Å². The molecule has 0 saturated heterocycles. The van der Waals surface area contributed by atoms with Crippen molar-refractivity contribution >= 4 is 43.5 Å². The highest BCUT2D eigenvalue weighted by atomic mass is 79.9. The van der Waals surface area contributed by atoms with Gasteiger partial charge in [0.05, 0.1) is 4.47 Å². The van der Waals surface area contributed by atoms with E-state index in [2.05, 4.69) is 44.0 Å². The van der Waals surface area contributed by atoms with Gasteiger partial charge in [-0.1, -0.05) is 88.2 Å². The molecule has 0 heterocycles. The van der Waals surface area contributed by atoms with Gasteiger partial charge in [0.2, 0.25) is 0 Å². The minimum Gasteiger partial charge on any atom is -0.488 e. The second kappa shape index (κ2) is 10.5. The molecule has 3 aromatic carbocycles. The summed E-state index contributed by atoms with van der Waals surface area (Å²) in [7, 11) is 0. The van der Waals surface area contributed by atoms with Crippen molar-refractivity contribution in [1.29, 1.82) is 0 Å². The second-order valence-electron chi connectivity index (χ2n) is 4.97. The summed E-state index contributed by atoms with van der Waals surface area (Å²) >= 11 is 12.6. The maximum atomic E-state index is 5.85. The van der Waals surface area contributed by atoms with Crippen LogP contribution in [0.1, 0.15) is 11.1 Å². The van der Waals surface area contributed by atoms with Crippen LogP contribution in [0.5, 0.6) is 5.75 Å². The van der Waals surface area contributed by atoms with Gasteiger partial charge in [-0.25, -0.2) is 0 Å². The maximum Gasteiger partial charge on any atom is 0.134 e. The summed E-state index contributed by atoms with van der Waals surface area (Å²) in [5.74, 6) is 0.799. The predicted molar refractivity (Wildman–Crippen MR) is 109 cm³/mol. The quantitative estimate of drug-likeness (QED) is 0.366. The van der Waals surface area contributed by atoms with E-state index < -0.39 is 0 Å². The molecule has 0 spiro atoms. The molecular weight excluding hydrogens is 451 g/mol. The lowest BCUT2D eigenvalue weighted by molar-refractivity contribution is 0.304. The highest BCUT2D eigenvalue weighted by Gasteiger charge is 2.01. The third kappa shape index (κ3) is 6.68. The Morgan fingerprint density at radius 1 is 0.792 bits per heavy atom. The van der Waals surface area contributed by atoms with Gasteiger partial charge in [0.1, 0.15) is 12.4 Å². The van der Waals surface area contributed by atoms with Crippen LogP contribution in [0.4, 0.5) is 0 Å². The van der Waals surface area contributed by atoms with E-state index >= 15 is 0 Å². The summed E-state index contributed by atoms with van der Waals surface area (Å²) < 4.78 is 6.54. The van der Waals surface area contributed by atoms with Crippen LogP contribution >= 0.6 is 43.5 Å². The highest BCUT2D eigenvalue weighted by molar-refractivity contribution is 9.10. The fraction of sp³-hybridized carbons (Fsp3) is 0.100. The van der Waals surface area contributed by atoms with Crippen LogP contribution in [-0.2, 0) is 11.9 Å². The molecule has 0 amide bonds. The lowest BCUT2D eigenvalue weighted by Gasteiger charge is -2.08. The van der Waals surface area contributed by atoms with Crippen LogP contribution in [0.25, 0.3) is 0 Å². The Morgan fingerprint density at radius 2 is 1.38 bits per heavy atom. The number of rotatable bonds is 4. The monoisotopic (exact) mass is 466 g/mol.